The molecule has 3 aromatic rings. The van der Waals surface area contributed by atoms with Gasteiger partial charge in [0.25, 0.3) is 0 Å². The van der Waals surface area contributed by atoms with Crippen LogP contribution >= 0.6 is 0 Å². The highest BCUT2D eigenvalue weighted by atomic mass is 19.1. The van der Waals surface area contributed by atoms with Crippen molar-refractivity contribution in [2.45, 2.75) is 45.1 Å². The van der Waals surface area contributed by atoms with Crippen molar-refractivity contribution in [3.8, 4) is 17.2 Å². The Morgan fingerprint density at radius 3 is 2.29 bits per heavy atom. The van der Waals surface area contributed by atoms with E-state index in [9.17, 15) is 9.18 Å². The Kier molecular flexibility index (Phi) is 5.70. The number of benzene rings is 3. The lowest BCUT2D eigenvalue weighted by atomic mass is 9.58. The second-order valence-electron chi connectivity index (χ2n) is 9.56. The zero-order valence-corrected chi connectivity index (χ0v) is 20.5. The SMILES string of the molecule is CCOc1cc2c(cc1OCC)C1(C(=O)Nc3ccccc31)C(Cc1ccc(F)cc1)C(C)(C)O2. The van der Waals surface area contributed by atoms with Crippen LogP contribution < -0.4 is 19.5 Å². The fraction of sp³-hybridized carbons (Fsp3) is 0.345. The summed E-state index contributed by atoms with van der Waals surface area (Å²) in [5, 5.41) is 3.13. The molecule has 0 bridgehead atoms. The van der Waals surface area contributed by atoms with Crippen molar-refractivity contribution in [1.82, 2.24) is 0 Å². The molecule has 0 fully saturated rings. The van der Waals surface area contributed by atoms with Gasteiger partial charge in [-0.25, -0.2) is 4.39 Å². The Hall–Kier alpha value is -3.54. The van der Waals surface area contributed by atoms with Crippen LogP contribution in [0.15, 0.2) is 60.7 Å². The van der Waals surface area contributed by atoms with E-state index in [1.165, 1.54) is 12.1 Å². The van der Waals surface area contributed by atoms with Crippen LogP contribution in [0.1, 0.15) is 44.4 Å². The predicted molar refractivity (Wildman–Crippen MR) is 133 cm³/mol. The summed E-state index contributed by atoms with van der Waals surface area (Å²) in [6.45, 7) is 8.79. The highest BCUT2D eigenvalue weighted by Gasteiger charge is 2.62. The summed E-state index contributed by atoms with van der Waals surface area (Å²) in [4.78, 5) is 14.1. The number of carbonyl (C=O) groups is 1. The van der Waals surface area contributed by atoms with Gasteiger partial charge in [-0.15, -0.1) is 0 Å². The molecule has 2 aliphatic rings. The molecule has 0 saturated heterocycles. The summed E-state index contributed by atoms with van der Waals surface area (Å²) in [5.41, 5.74) is 1.62. The van der Waals surface area contributed by atoms with Crippen LogP contribution in [0.4, 0.5) is 10.1 Å². The Balaban J connectivity index is 1.79. The van der Waals surface area contributed by atoms with E-state index in [1.807, 2.05) is 64.1 Å². The average Bonchev–Trinajstić information content (AvgIpc) is 3.11. The van der Waals surface area contributed by atoms with Crippen molar-refractivity contribution in [3.05, 3.63) is 83.2 Å². The standard InChI is InChI=1S/C29H30FNO4/c1-5-33-24-16-21-23(17-25(24)34-6-2)35-28(3,4)26(15-18-11-13-19(30)14-12-18)29(21)20-9-7-8-10-22(20)31-27(29)32/h7-14,16-17,26H,5-6,15H2,1-4H3,(H,31,32). The Labute approximate surface area is 205 Å². The van der Waals surface area contributed by atoms with Crippen LogP contribution in [-0.4, -0.2) is 24.7 Å². The first-order chi connectivity index (χ1) is 16.8. The van der Waals surface area contributed by atoms with Gasteiger partial charge in [0.15, 0.2) is 11.5 Å². The largest absolute Gasteiger partial charge is 0.490 e. The quantitative estimate of drug-likeness (QED) is 0.483. The molecule has 6 heteroatoms. The van der Waals surface area contributed by atoms with Gasteiger partial charge in [-0.05, 0) is 69.5 Å². The van der Waals surface area contributed by atoms with Crippen molar-refractivity contribution < 1.29 is 23.4 Å². The summed E-state index contributed by atoms with van der Waals surface area (Å²) in [7, 11) is 0. The number of rotatable bonds is 6. The van der Waals surface area contributed by atoms with Gasteiger partial charge in [-0.3, -0.25) is 4.79 Å². The number of hydrogen-bond acceptors (Lipinski definition) is 4. The normalized spacial score (nSPS) is 21.6. The molecule has 5 rings (SSSR count). The van der Waals surface area contributed by atoms with E-state index in [1.54, 1.807) is 12.1 Å². The van der Waals surface area contributed by atoms with Crippen LogP contribution in [0.5, 0.6) is 17.2 Å². The first kappa shape index (κ1) is 23.2. The van der Waals surface area contributed by atoms with E-state index in [0.717, 1.165) is 22.4 Å². The Morgan fingerprint density at radius 2 is 1.60 bits per heavy atom. The molecule has 2 unspecified atom stereocenters. The van der Waals surface area contributed by atoms with Gasteiger partial charge in [0.05, 0.1) is 13.2 Å². The lowest BCUT2D eigenvalue weighted by Gasteiger charge is -2.50. The highest BCUT2D eigenvalue weighted by molar-refractivity contribution is 6.10. The van der Waals surface area contributed by atoms with Gasteiger partial charge in [0.1, 0.15) is 22.6 Å². The fourth-order valence-corrected chi connectivity index (χ4v) is 5.68. The van der Waals surface area contributed by atoms with E-state index >= 15 is 0 Å². The fourth-order valence-electron chi connectivity index (χ4n) is 5.68. The molecule has 5 nitrogen and oxygen atoms in total. The summed E-state index contributed by atoms with van der Waals surface area (Å²) in [5.74, 6) is 1.08. The molecular formula is C29H30FNO4. The number of carbonyl (C=O) groups excluding carboxylic acids is 1. The van der Waals surface area contributed by atoms with Crippen LogP contribution in [0.2, 0.25) is 0 Å². The van der Waals surface area contributed by atoms with Crippen LogP contribution in [0.3, 0.4) is 0 Å². The molecule has 2 atom stereocenters. The van der Waals surface area contributed by atoms with Crippen molar-refractivity contribution in [3.63, 3.8) is 0 Å². The van der Waals surface area contributed by atoms with E-state index in [4.69, 9.17) is 14.2 Å². The number of ether oxygens (including phenoxy) is 3. The van der Waals surface area contributed by atoms with E-state index in [2.05, 4.69) is 5.32 Å². The molecular weight excluding hydrogens is 445 g/mol. The van der Waals surface area contributed by atoms with Crippen LogP contribution in [0.25, 0.3) is 0 Å². The molecule has 2 heterocycles. The number of halogens is 1. The molecule has 0 aromatic heterocycles. The Bertz CT molecular complexity index is 1270. The number of hydrogen-bond donors (Lipinski definition) is 1. The second kappa shape index (κ2) is 8.59. The summed E-state index contributed by atoms with van der Waals surface area (Å²) in [6, 6.07) is 18.0. The number of amides is 1. The van der Waals surface area contributed by atoms with Gasteiger partial charge in [-0.2, -0.15) is 0 Å². The number of para-hydroxylation sites is 1. The minimum absolute atomic E-state index is 0.102. The maximum absolute atomic E-state index is 14.1. The van der Waals surface area contributed by atoms with E-state index in [0.29, 0.717) is 36.9 Å². The zero-order valence-electron chi connectivity index (χ0n) is 20.5. The Morgan fingerprint density at radius 1 is 0.943 bits per heavy atom. The van der Waals surface area contributed by atoms with E-state index in [-0.39, 0.29) is 17.6 Å². The summed E-state index contributed by atoms with van der Waals surface area (Å²) >= 11 is 0. The minimum Gasteiger partial charge on any atom is -0.490 e. The van der Waals surface area contributed by atoms with Crippen molar-refractivity contribution in [2.75, 3.05) is 18.5 Å². The molecule has 35 heavy (non-hydrogen) atoms. The maximum Gasteiger partial charge on any atom is 0.240 e. The molecule has 2 aliphatic heterocycles. The average molecular weight is 476 g/mol. The molecule has 3 aromatic carbocycles. The lowest BCUT2D eigenvalue weighted by Crippen LogP contribution is -2.58. The second-order valence-corrected chi connectivity index (χ2v) is 9.56. The number of anilines is 1. The van der Waals surface area contributed by atoms with E-state index < -0.39 is 11.0 Å². The highest BCUT2D eigenvalue weighted by Crippen LogP contribution is 2.59. The van der Waals surface area contributed by atoms with Gasteiger partial charge in [0.2, 0.25) is 5.91 Å². The molecule has 1 amide bonds. The molecule has 0 radical (unpaired) electrons. The van der Waals surface area contributed by atoms with Crippen molar-refractivity contribution in [1.29, 1.82) is 0 Å². The third kappa shape index (κ3) is 3.63. The minimum atomic E-state index is -1.03. The monoisotopic (exact) mass is 475 g/mol. The predicted octanol–water partition coefficient (Wildman–Crippen LogP) is 5.89. The smallest absolute Gasteiger partial charge is 0.240 e. The van der Waals surface area contributed by atoms with Crippen molar-refractivity contribution >= 4 is 11.6 Å². The first-order valence-electron chi connectivity index (χ1n) is 12.1. The van der Waals surface area contributed by atoms with Gasteiger partial charge < -0.3 is 19.5 Å². The van der Waals surface area contributed by atoms with Gasteiger partial charge >= 0.3 is 0 Å². The van der Waals surface area contributed by atoms with Gasteiger partial charge in [-0.1, -0.05) is 30.3 Å². The van der Waals surface area contributed by atoms with Crippen molar-refractivity contribution in [2.24, 2.45) is 5.92 Å². The molecule has 0 aliphatic carbocycles. The lowest BCUT2D eigenvalue weighted by molar-refractivity contribution is -0.126. The molecule has 182 valence electrons. The third-order valence-corrected chi connectivity index (χ3v) is 7.12. The van der Waals surface area contributed by atoms with Gasteiger partial charge in [0, 0.05) is 23.2 Å². The topological polar surface area (TPSA) is 56.8 Å². The van der Waals surface area contributed by atoms with Crippen LogP contribution in [0, 0.1) is 11.7 Å². The zero-order chi connectivity index (χ0) is 24.8. The van der Waals surface area contributed by atoms with Crippen LogP contribution in [-0.2, 0) is 16.6 Å². The number of fused-ring (bicyclic) bond motifs is 4. The number of nitrogens with one attached hydrogen (secondary N) is 1. The molecule has 1 N–H and O–H groups in total. The first-order valence-corrected chi connectivity index (χ1v) is 12.1. The summed E-state index contributed by atoms with van der Waals surface area (Å²) < 4.78 is 32.1. The third-order valence-electron chi connectivity index (χ3n) is 7.12. The molecule has 0 saturated carbocycles. The molecule has 1 spiro atoms. The summed E-state index contributed by atoms with van der Waals surface area (Å²) in [6.07, 6.45) is 0.519. The maximum atomic E-state index is 14.1.